The van der Waals surface area contributed by atoms with Crippen molar-refractivity contribution < 1.29 is 38.8 Å². The number of esters is 1. The number of aromatic hydroxyl groups is 2. The minimum atomic E-state index is -0.419. The van der Waals surface area contributed by atoms with E-state index in [0.717, 1.165) is 25.7 Å². The minimum absolute atomic E-state index is 0.0709. The summed E-state index contributed by atoms with van der Waals surface area (Å²) in [5, 5.41) is 20.8. The maximum Gasteiger partial charge on any atom is 0.305 e. The number of amides is 1. The Balaban J connectivity index is 1.53. The fraction of sp³-hybridized carbons (Fsp3) is 0.300. The van der Waals surface area contributed by atoms with Crippen molar-refractivity contribution in [2.75, 3.05) is 7.11 Å². The number of methoxy groups -OCH3 is 1. The summed E-state index contributed by atoms with van der Waals surface area (Å²) in [6, 6.07) is 14.2. The van der Waals surface area contributed by atoms with E-state index in [2.05, 4.69) is 3.53 Å². The second-order valence-corrected chi connectivity index (χ2v) is 10.0. The molecule has 3 aromatic carbocycles. The summed E-state index contributed by atoms with van der Waals surface area (Å²) < 4.78 is 19.1. The molecule has 1 saturated carbocycles. The van der Waals surface area contributed by atoms with Crippen molar-refractivity contribution in [3.8, 4) is 23.0 Å². The highest BCUT2D eigenvalue weighted by Gasteiger charge is 2.20. The number of nitrogens with one attached hydrogen (secondary N) is 1. The van der Waals surface area contributed by atoms with Gasteiger partial charge in [0.1, 0.15) is 29.6 Å². The Bertz CT molecular complexity index is 1400. The van der Waals surface area contributed by atoms with Gasteiger partial charge in [0.2, 0.25) is 0 Å². The summed E-state index contributed by atoms with van der Waals surface area (Å²) in [5.74, 6) is -0.593. The highest BCUT2D eigenvalue weighted by Crippen LogP contribution is 2.31. The Kier molecular flexibility index (Phi) is 9.86. The lowest BCUT2D eigenvalue weighted by Crippen LogP contribution is -2.12. The molecule has 0 radical (unpaired) electrons. The molecular weight excluding hydrogens is 629 g/mol. The van der Waals surface area contributed by atoms with Crippen molar-refractivity contribution in [1.82, 2.24) is 3.53 Å². The molecular formula is C30H30INO8. The zero-order valence-corrected chi connectivity index (χ0v) is 24.1. The first-order valence-electron chi connectivity index (χ1n) is 12.9. The summed E-state index contributed by atoms with van der Waals surface area (Å²) in [4.78, 5) is 37.0. The highest BCUT2D eigenvalue weighted by atomic mass is 127. The van der Waals surface area contributed by atoms with Crippen LogP contribution in [0.15, 0.2) is 54.6 Å². The Morgan fingerprint density at radius 3 is 2.35 bits per heavy atom. The number of rotatable bonds is 11. The zero-order chi connectivity index (χ0) is 28.6. The van der Waals surface area contributed by atoms with E-state index in [9.17, 15) is 24.6 Å². The van der Waals surface area contributed by atoms with Gasteiger partial charge in [0.25, 0.3) is 5.91 Å². The number of carbonyl (C=O) groups excluding carboxylic acids is 3. The molecule has 0 spiro atoms. The van der Waals surface area contributed by atoms with Gasteiger partial charge in [-0.15, -0.1) is 0 Å². The first-order chi connectivity index (χ1) is 19.3. The van der Waals surface area contributed by atoms with Crippen molar-refractivity contribution in [2.24, 2.45) is 0 Å². The molecule has 0 aromatic heterocycles. The van der Waals surface area contributed by atoms with Crippen LogP contribution in [-0.4, -0.2) is 41.1 Å². The number of benzene rings is 3. The summed E-state index contributed by atoms with van der Waals surface area (Å²) in [6.45, 7) is 0.0709. The summed E-state index contributed by atoms with van der Waals surface area (Å²) in [7, 11) is 1.30. The van der Waals surface area contributed by atoms with E-state index in [1.165, 1.54) is 25.3 Å². The number of hydrogen-bond acceptors (Lipinski definition) is 8. The topological polar surface area (TPSA) is 131 Å². The maximum absolute atomic E-state index is 13.3. The molecule has 210 valence electrons. The number of ketones is 1. The van der Waals surface area contributed by atoms with Gasteiger partial charge in [-0.1, -0.05) is 6.07 Å². The van der Waals surface area contributed by atoms with E-state index < -0.39 is 11.9 Å². The van der Waals surface area contributed by atoms with Crippen LogP contribution < -0.4 is 13.0 Å². The van der Waals surface area contributed by atoms with E-state index in [4.69, 9.17) is 14.2 Å². The monoisotopic (exact) mass is 659 g/mol. The molecule has 10 heteroatoms. The van der Waals surface area contributed by atoms with E-state index in [1.807, 2.05) is 0 Å². The molecule has 0 unspecified atom stereocenters. The average Bonchev–Trinajstić information content (AvgIpc) is 3.47. The Morgan fingerprint density at radius 1 is 0.950 bits per heavy atom. The predicted molar refractivity (Wildman–Crippen MR) is 155 cm³/mol. The standard InChI is InChI=1S/C30H30INO8/c1-38-28(35)13-8-19-15-20(29(36)23-11-9-22(16-26(23)34)40-21-4-2-3-5-21)7-12-27(19)39-17-18-6-10-24(25(33)14-18)30(37)32-31/h6-7,9-12,14-16,21,33-34H,2-5,8,13,17H2,1H3,(H,32,37). The van der Waals surface area contributed by atoms with Crippen LogP contribution >= 0.6 is 22.9 Å². The van der Waals surface area contributed by atoms with Gasteiger partial charge in [-0.3, -0.25) is 17.9 Å². The van der Waals surface area contributed by atoms with Crippen LogP contribution in [0.1, 0.15) is 69.5 Å². The van der Waals surface area contributed by atoms with Crippen LogP contribution in [-0.2, 0) is 22.6 Å². The number of ether oxygens (including phenoxy) is 3. The maximum atomic E-state index is 13.3. The van der Waals surface area contributed by atoms with E-state index in [-0.39, 0.29) is 54.0 Å². The number of phenolic OH excluding ortho intramolecular Hbond substituents is 2. The van der Waals surface area contributed by atoms with Crippen molar-refractivity contribution in [2.45, 2.75) is 51.2 Å². The van der Waals surface area contributed by atoms with Gasteiger partial charge >= 0.3 is 5.97 Å². The van der Waals surface area contributed by atoms with Crippen LogP contribution in [0.5, 0.6) is 23.0 Å². The molecule has 0 heterocycles. The summed E-state index contributed by atoms with van der Waals surface area (Å²) in [5.41, 5.74) is 1.81. The minimum Gasteiger partial charge on any atom is -0.507 e. The molecule has 0 saturated heterocycles. The van der Waals surface area contributed by atoms with Gasteiger partial charge < -0.3 is 24.4 Å². The Hall–Kier alpha value is -3.80. The number of halogens is 1. The third-order valence-corrected chi connectivity index (χ3v) is 7.24. The zero-order valence-electron chi connectivity index (χ0n) is 21.9. The SMILES string of the molecule is COC(=O)CCc1cc(C(=O)c2ccc(OC3CCCC3)cc2O)ccc1OCc1ccc(C(=O)NI)c(O)c1. The van der Waals surface area contributed by atoms with Crippen molar-refractivity contribution >= 4 is 40.5 Å². The lowest BCUT2D eigenvalue weighted by Gasteiger charge is -2.15. The molecule has 1 aliphatic carbocycles. The fourth-order valence-electron chi connectivity index (χ4n) is 4.60. The molecule has 1 fully saturated rings. The van der Waals surface area contributed by atoms with Crippen molar-refractivity contribution in [3.05, 3.63) is 82.4 Å². The van der Waals surface area contributed by atoms with E-state index in [0.29, 0.717) is 28.2 Å². The lowest BCUT2D eigenvalue weighted by molar-refractivity contribution is -0.140. The average molecular weight is 659 g/mol. The second kappa shape index (κ2) is 13.5. The number of aryl methyl sites for hydroxylation is 1. The molecule has 1 aliphatic rings. The highest BCUT2D eigenvalue weighted by molar-refractivity contribution is 14.1. The predicted octanol–water partition coefficient (Wildman–Crippen LogP) is 5.41. The van der Waals surface area contributed by atoms with Crippen LogP contribution in [0.2, 0.25) is 0 Å². The molecule has 0 atom stereocenters. The molecule has 40 heavy (non-hydrogen) atoms. The number of carbonyl (C=O) groups is 3. The number of hydrogen-bond donors (Lipinski definition) is 3. The Labute approximate surface area is 246 Å². The summed E-state index contributed by atoms with van der Waals surface area (Å²) >= 11 is 1.70. The summed E-state index contributed by atoms with van der Waals surface area (Å²) in [6.07, 6.45) is 4.66. The van der Waals surface area contributed by atoms with Gasteiger partial charge in [0.15, 0.2) is 5.78 Å². The molecule has 0 aliphatic heterocycles. The normalized spacial score (nSPS) is 13.1. The lowest BCUT2D eigenvalue weighted by atomic mass is 9.98. The molecule has 1 amide bonds. The molecule has 0 bridgehead atoms. The fourth-order valence-corrected chi connectivity index (χ4v) is 4.89. The van der Waals surface area contributed by atoms with Crippen LogP contribution in [0.3, 0.4) is 0 Å². The third kappa shape index (κ3) is 7.23. The van der Waals surface area contributed by atoms with Gasteiger partial charge in [0.05, 0.1) is 47.2 Å². The quantitative estimate of drug-likeness (QED) is 0.108. The van der Waals surface area contributed by atoms with Gasteiger partial charge in [0, 0.05) is 18.1 Å². The number of phenols is 2. The van der Waals surface area contributed by atoms with Crippen molar-refractivity contribution in [1.29, 1.82) is 0 Å². The van der Waals surface area contributed by atoms with Crippen LogP contribution in [0, 0.1) is 0 Å². The third-order valence-electron chi connectivity index (χ3n) is 6.75. The van der Waals surface area contributed by atoms with E-state index >= 15 is 0 Å². The van der Waals surface area contributed by atoms with Crippen LogP contribution in [0.4, 0.5) is 0 Å². The van der Waals surface area contributed by atoms with Gasteiger partial charge in [-0.25, -0.2) is 0 Å². The van der Waals surface area contributed by atoms with E-state index in [1.54, 1.807) is 59.3 Å². The van der Waals surface area contributed by atoms with Gasteiger partial charge in [-0.05, 0) is 85.7 Å². The van der Waals surface area contributed by atoms with Crippen molar-refractivity contribution in [3.63, 3.8) is 0 Å². The first-order valence-corrected chi connectivity index (χ1v) is 14.0. The molecule has 3 N–H and O–H groups in total. The Morgan fingerprint density at radius 2 is 1.68 bits per heavy atom. The molecule has 4 rings (SSSR count). The molecule has 3 aromatic rings. The van der Waals surface area contributed by atoms with Crippen LogP contribution in [0.25, 0.3) is 0 Å². The second-order valence-electron chi connectivity index (χ2n) is 9.49. The first kappa shape index (κ1) is 29.2. The van der Waals surface area contributed by atoms with Gasteiger partial charge in [-0.2, -0.15) is 0 Å². The largest absolute Gasteiger partial charge is 0.507 e. The molecule has 9 nitrogen and oxygen atoms in total. The smallest absolute Gasteiger partial charge is 0.305 e.